The fraction of sp³-hybridized carbons (Fsp3) is 0.938. The molecule has 0 atom stereocenters. The van der Waals surface area contributed by atoms with Gasteiger partial charge in [-0.25, -0.2) is 0 Å². The summed E-state index contributed by atoms with van der Waals surface area (Å²) in [4.78, 5) is 11.9. The van der Waals surface area contributed by atoms with E-state index in [0.717, 1.165) is 38.1 Å². The lowest BCUT2D eigenvalue weighted by Gasteiger charge is -2.25. The maximum absolute atomic E-state index is 11.9. The van der Waals surface area contributed by atoms with E-state index in [-0.39, 0.29) is 5.91 Å². The summed E-state index contributed by atoms with van der Waals surface area (Å²) in [5.41, 5.74) is 0. The predicted octanol–water partition coefficient (Wildman–Crippen LogP) is 4.26. The van der Waals surface area contributed by atoms with E-state index in [1.54, 1.807) is 0 Å². The van der Waals surface area contributed by atoms with Crippen molar-refractivity contribution in [3.63, 3.8) is 0 Å². The Bertz CT molecular complexity index is 268. The molecule has 1 amide bonds. The molecule has 2 nitrogen and oxygen atoms in total. The Kier molecular flexibility index (Phi) is 6.49. The van der Waals surface area contributed by atoms with Crippen LogP contribution in [0.3, 0.4) is 0 Å². The van der Waals surface area contributed by atoms with Crippen molar-refractivity contribution in [3.8, 4) is 0 Å². The average molecular weight is 286 g/mol. The molecule has 2 aliphatic carbocycles. The molecule has 0 unspecified atom stereocenters. The zero-order valence-electron chi connectivity index (χ0n) is 12.0. The fourth-order valence-corrected chi connectivity index (χ4v) is 3.74. The van der Waals surface area contributed by atoms with Crippen LogP contribution in [0.4, 0.5) is 0 Å². The molecule has 2 aliphatic rings. The molecule has 0 heterocycles. The maximum Gasteiger partial charge on any atom is 0.220 e. The molecule has 2 rings (SSSR count). The number of carbonyl (C=O) groups excluding carboxylic acids is 1. The SMILES string of the molecule is O=C(CCC1CCCCC1)NCC1CCC(Cl)CC1. The molecule has 19 heavy (non-hydrogen) atoms. The Balaban J connectivity index is 1.54. The van der Waals surface area contributed by atoms with Crippen LogP contribution < -0.4 is 5.32 Å². The van der Waals surface area contributed by atoms with Gasteiger partial charge in [-0.2, -0.15) is 0 Å². The van der Waals surface area contributed by atoms with E-state index in [9.17, 15) is 4.79 Å². The lowest BCUT2D eigenvalue weighted by Crippen LogP contribution is -2.31. The van der Waals surface area contributed by atoms with Gasteiger partial charge in [-0.1, -0.05) is 32.1 Å². The third kappa shape index (κ3) is 5.72. The number of nitrogens with one attached hydrogen (secondary N) is 1. The molecular formula is C16H28ClNO. The van der Waals surface area contributed by atoms with Crippen LogP contribution in [-0.4, -0.2) is 17.8 Å². The summed E-state index contributed by atoms with van der Waals surface area (Å²) < 4.78 is 0. The van der Waals surface area contributed by atoms with E-state index in [2.05, 4.69) is 5.32 Å². The number of hydrogen-bond donors (Lipinski definition) is 1. The third-order valence-electron chi connectivity index (χ3n) is 4.87. The normalized spacial score (nSPS) is 29.1. The van der Waals surface area contributed by atoms with Crippen molar-refractivity contribution in [1.29, 1.82) is 0 Å². The van der Waals surface area contributed by atoms with Gasteiger partial charge in [0.15, 0.2) is 0 Å². The van der Waals surface area contributed by atoms with Crippen molar-refractivity contribution in [3.05, 3.63) is 0 Å². The van der Waals surface area contributed by atoms with Crippen LogP contribution in [0.2, 0.25) is 0 Å². The Morgan fingerprint density at radius 1 is 0.947 bits per heavy atom. The van der Waals surface area contributed by atoms with E-state index < -0.39 is 0 Å². The first kappa shape index (κ1) is 15.2. The summed E-state index contributed by atoms with van der Waals surface area (Å²) >= 11 is 6.09. The minimum atomic E-state index is 0.263. The molecule has 1 N–H and O–H groups in total. The molecule has 110 valence electrons. The quantitative estimate of drug-likeness (QED) is 0.751. The van der Waals surface area contributed by atoms with E-state index in [0.29, 0.717) is 11.3 Å². The van der Waals surface area contributed by atoms with Gasteiger partial charge in [-0.3, -0.25) is 4.79 Å². The second-order valence-electron chi connectivity index (χ2n) is 6.46. The third-order valence-corrected chi connectivity index (χ3v) is 5.31. The van der Waals surface area contributed by atoms with Crippen molar-refractivity contribution >= 4 is 17.5 Å². The highest BCUT2D eigenvalue weighted by Gasteiger charge is 2.20. The highest BCUT2D eigenvalue weighted by Crippen LogP contribution is 2.28. The van der Waals surface area contributed by atoms with Gasteiger partial charge in [0.1, 0.15) is 0 Å². The van der Waals surface area contributed by atoms with Crippen LogP contribution in [0.15, 0.2) is 0 Å². The number of alkyl halides is 1. The van der Waals surface area contributed by atoms with E-state index in [1.807, 2.05) is 0 Å². The largest absolute Gasteiger partial charge is 0.356 e. The van der Waals surface area contributed by atoms with Crippen LogP contribution in [0.1, 0.15) is 70.6 Å². The number of carbonyl (C=O) groups is 1. The smallest absolute Gasteiger partial charge is 0.220 e. The molecular weight excluding hydrogens is 258 g/mol. The maximum atomic E-state index is 11.9. The zero-order valence-corrected chi connectivity index (χ0v) is 12.8. The van der Waals surface area contributed by atoms with Crippen molar-refractivity contribution in [2.45, 2.75) is 76.0 Å². The van der Waals surface area contributed by atoms with Crippen LogP contribution in [0.25, 0.3) is 0 Å². The Morgan fingerprint density at radius 2 is 1.63 bits per heavy atom. The van der Waals surface area contributed by atoms with Crippen LogP contribution in [-0.2, 0) is 4.79 Å². The lowest BCUT2D eigenvalue weighted by atomic mass is 9.86. The highest BCUT2D eigenvalue weighted by molar-refractivity contribution is 6.20. The second-order valence-corrected chi connectivity index (χ2v) is 7.08. The number of rotatable bonds is 5. The molecule has 0 radical (unpaired) electrons. The monoisotopic (exact) mass is 285 g/mol. The molecule has 0 saturated heterocycles. The number of halogens is 1. The Labute approximate surface area is 122 Å². The van der Waals surface area contributed by atoms with Crippen molar-refractivity contribution < 1.29 is 4.79 Å². The van der Waals surface area contributed by atoms with Crippen LogP contribution >= 0.6 is 11.6 Å². The molecule has 0 aromatic rings. The lowest BCUT2D eigenvalue weighted by molar-refractivity contribution is -0.121. The highest BCUT2D eigenvalue weighted by atomic mass is 35.5. The fourth-order valence-electron chi connectivity index (χ4n) is 3.48. The van der Waals surface area contributed by atoms with Crippen molar-refractivity contribution in [2.24, 2.45) is 11.8 Å². The standard InChI is InChI=1S/C16H28ClNO/c17-15-9-6-14(7-10-15)12-18-16(19)11-8-13-4-2-1-3-5-13/h13-15H,1-12H2,(H,18,19). The molecule has 0 aliphatic heterocycles. The summed E-state index contributed by atoms with van der Waals surface area (Å²) in [5.74, 6) is 1.73. The van der Waals surface area contributed by atoms with Gasteiger partial charge in [0.05, 0.1) is 0 Å². The van der Waals surface area contributed by atoms with Gasteiger partial charge in [0.25, 0.3) is 0 Å². The second kappa shape index (κ2) is 8.14. The summed E-state index contributed by atoms with van der Waals surface area (Å²) in [7, 11) is 0. The molecule has 2 saturated carbocycles. The molecule has 0 aromatic carbocycles. The zero-order chi connectivity index (χ0) is 13.5. The summed E-state index contributed by atoms with van der Waals surface area (Å²) in [6.45, 7) is 0.868. The molecule has 0 bridgehead atoms. The van der Waals surface area contributed by atoms with E-state index in [4.69, 9.17) is 11.6 Å². The van der Waals surface area contributed by atoms with Gasteiger partial charge in [-0.05, 0) is 43.9 Å². The first-order valence-corrected chi connectivity index (χ1v) is 8.58. The van der Waals surface area contributed by atoms with E-state index in [1.165, 1.54) is 44.9 Å². The number of amides is 1. The van der Waals surface area contributed by atoms with Gasteiger partial charge >= 0.3 is 0 Å². The van der Waals surface area contributed by atoms with Crippen molar-refractivity contribution in [1.82, 2.24) is 5.32 Å². The van der Waals surface area contributed by atoms with Gasteiger partial charge in [-0.15, -0.1) is 11.6 Å². The van der Waals surface area contributed by atoms with Crippen molar-refractivity contribution in [2.75, 3.05) is 6.54 Å². The van der Waals surface area contributed by atoms with Crippen LogP contribution in [0.5, 0.6) is 0 Å². The van der Waals surface area contributed by atoms with Gasteiger partial charge in [0, 0.05) is 18.3 Å². The molecule has 3 heteroatoms. The molecule has 2 fully saturated rings. The topological polar surface area (TPSA) is 29.1 Å². The minimum absolute atomic E-state index is 0.263. The number of hydrogen-bond acceptors (Lipinski definition) is 1. The molecule has 0 aromatic heterocycles. The van der Waals surface area contributed by atoms with Crippen LogP contribution in [0, 0.1) is 11.8 Å². The Morgan fingerprint density at radius 3 is 2.32 bits per heavy atom. The van der Waals surface area contributed by atoms with Gasteiger partial charge in [0.2, 0.25) is 5.91 Å². The summed E-state index contributed by atoms with van der Waals surface area (Å²) in [6, 6.07) is 0. The first-order chi connectivity index (χ1) is 9.24. The summed E-state index contributed by atoms with van der Waals surface area (Å²) in [6.07, 6.45) is 13.2. The first-order valence-electron chi connectivity index (χ1n) is 8.15. The van der Waals surface area contributed by atoms with Gasteiger partial charge < -0.3 is 5.32 Å². The van der Waals surface area contributed by atoms with E-state index >= 15 is 0 Å². The average Bonchev–Trinajstić information content (AvgIpc) is 2.45. The molecule has 0 spiro atoms. The predicted molar refractivity (Wildman–Crippen MR) is 80.4 cm³/mol. The minimum Gasteiger partial charge on any atom is -0.356 e. The Hall–Kier alpha value is -0.240. The summed E-state index contributed by atoms with van der Waals surface area (Å²) in [5, 5.41) is 3.50.